The van der Waals surface area contributed by atoms with Gasteiger partial charge in [-0.05, 0) is 48.2 Å². The maximum atomic E-state index is 8.90. The second kappa shape index (κ2) is 10.6. The van der Waals surface area contributed by atoms with Crippen LogP contribution >= 0.6 is 13.5 Å². The normalized spacial score (nSPS) is 8.76. The molecule has 0 amide bonds. The molecule has 0 radical (unpaired) electrons. The summed E-state index contributed by atoms with van der Waals surface area (Å²) in [4.78, 5) is 0. The molecule has 2 aromatic carbocycles. The molecule has 0 bridgehead atoms. The number of allylic oxidation sites excluding steroid dienone is 2. The van der Waals surface area contributed by atoms with Gasteiger partial charge in [0.25, 0.3) is 0 Å². The van der Waals surface area contributed by atoms with Crippen LogP contribution in [0.15, 0.2) is 73.8 Å². The van der Waals surface area contributed by atoms with Crippen molar-refractivity contribution in [3.63, 3.8) is 0 Å². The van der Waals surface area contributed by atoms with E-state index in [0.29, 0.717) is 11.5 Å². The number of rotatable bonds is 4. The molecule has 0 spiro atoms. The summed E-state index contributed by atoms with van der Waals surface area (Å²) in [7, 11) is 0. The topological polar surface area (TPSA) is 40.5 Å². The number of benzene rings is 2. The lowest BCUT2D eigenvalue weighted by Crippen LogP contribution is -1.77. The van der Waals surface area contributed by atoms with Crippen LogP contribution < -0.4 is 0 Å². The van der Waals surface area contributed by atoms with E-state index >= 15 is 0 Å². The molecule has 2 N–H and O–H groups in total. The van der Waals surface area contributed by atoms with E-state index in [4.69, 9.17) is 10.2 Å². The van der Waals surface area contributed by atoms with Crippen LogP contribution in [0.2, 0.25) is 0 Å². The molecule has 21 heavy (non-hydrogen) atoms. The second-order valence-electron chi connectivity index (χ2n) is 4.32. The van der Waals surface area contributed by atoms with Crippen LogP contribution in [0.1, 0.15) is 11.1 Å². The first-order valence-corrected chi connectivity index (χ1v) is 6.43. The number of hydrogen-bond donors (Lipinski definition) is 2. The van der Waals surface area contributed by atoms with Crippen LogP contribution in [0.3, 0.4) is 0 Å². The average Bonchev–Trinajstić information content (AvgIpc) is 2.45. The third-order valence-electron chi connectivity index (χ3n) is 2.63. The molecule has 0 saturated heterocycles. The van der Waals surface area contributed by atoms with Gasteiger partial charge in [-0.3, -0.25) is 0 Å². The summed E-state index contributed by atoms with van der Waals surface area (Å²) in [5.41, 5.74) is 2.35. The Labute approximate surface area is 133 Å². The molecule has 0 unspecified atom stereocenters. The largest absolute Gasteiger partial charge is 0.508 e. The number of aromatic hydroxyl groups is 2. The van der Waals surface area contributed by atoms with Crippen LogP contribution in [0.5, 0.6) is 11.5 Å². The third kappa shape index (κ3) is 7.90. The zero-order chi connectivity index (χ0) is 14.8. The fourth-order valence-corrected chi connectivity index (χ4v) is 1.60. The Morgan fingerprint density at radius 2 is 0.952 bits per heavy atom. The van der Waals surface area contributed by atoms with Gasteiger partial charge in [0.15, 0.2) is 0 Å². The Kier molecular flexibility index (Phi) is 9.55. The molecular weight excluding hydrogens is 280 g/mol. The highest BCUT2D eigenvalue weighted by molar-refractivity contribution is 7.59. The standard InChI is InChI=1S/2C9H10O.H2S/c2*1-2-3-8-4-6-9(10)7-5-8;/h2*2,4-7,10H,1,3H2;1H2. The van der Waals surface area contributed by atoms with Crippen molar-refractivity contribution < 1.29 is 10.2 Å². The van der Waals surface area contributed by atoms with E-state index in [0.717, 1.165) is 12.8 Å². The predicted octanol–water partition coefficient (Wildman–Crippen LogP) is 4.35. The molecule has 0 aromatic heterocycles. The van der Waals surface area contributed by atoms with Gasteiger partial charge in [0.05, 0.1) is 0 Å². The highest BCUT2D eigenvalue weighted by atomic mass is 32.1. The lowest BCUT2D eigenvalue weighted by atomic mass is 10.1. The molecular formula is C18H22O2S. The molecule has 0 fully saturated rings. The Bertz CT molecular complexity index is 479. The maximum Gasteiger partial charge on any atom is 0.115 e. The summed E-state index contributed by atoms with van der Waals surface area (Å²) in [6.07, 6.45) is 5.40. The van der Waals surface area contributed by atoms with Crippen LogP contribution in [-0.2, 0) is 12.8 Å². The summed E-state index contributed by atoms with van der Waals surface area (Å²) >= 11 is 0. The van der Waals surface area contributed by atoms with Gasteiger partial charge in [0.1, 0.15) is 11.5 Å². The highest BCUT2D eigenvalue weighted by Gasteiger charge is 1.88. The number of phenols is 2. The fourth-order valence-electron chi connectivity index (χ4n) is 1.60. The molecule has 0 heterocycles. The van der Waals surface area contributed by atoms with Gasteiger partial charge in [-0.25, -0.2) is 0 Å². The second-order valence-corrected chi connectivity index (χ2v) is 4.32. The van der Waals surface area contributed by atoms with Crippen molar-refractivity contribution in [2.24, 2.45) is 0 Å². The van der Waals surface area contributed by atoms with Crippen molar-refractivity contribution in [1.29, 1.82) is 0 Å². The smallest absolute Gasteiger partial charge is 0.115 e. The van der Waals surface area contributed by atoms with E-state index in [1.54, 1.807) is 24.3 Å². The van der Waals surface area contributed by atoms with E-state index < -0.39 is 0 Å². The molecule has 0 aliphatic heterocycles. The molecule has 0 aliphatic carbocycles. The van der Waals surface area contributed by atoms with Gasteiger partial charge in [-0.1, -0.05) is 36.4 Å². The van der Waals surface area contributed by atoms with Crippen molar-refractivity contribution in [1.82, 2.24) is 0 Å². The molecule has 112 valence electrons. The monoisotopic (exact) mass is 302 g/mol. The highest BCUT2D eigenvalue weighted by Crippen LogP contribution is 2.10. The van der Waals surface area contributed by atoms with E-state index in [1.165, 1.54) is 11.1 Å². The van der Waals surface area contributed by atoms with Gasteiger partial charge >= 0.3 is 0 Å². The van der Waals surface area contributed by atoms with Crippen molar-refractivity contribution in [2.75, 3.05) is 0 Å². The average molecular weight is 302 g/mol. The van der Waals surface area contributed by atoms with Gasteiger partial charge < -0.3 is 10.2 Å². The van der Waals surface area contributed by atoms with E-state index in [-0.39, 0.29) is 13.5 Å². The molecule has 3 heteroatoms. The summed E-state index contributed by atoms with van der Waals surface area (Å²) in [6, 6.07) is 14.3. The van der Waals surface area contributed by atoms with Crippen LogP contribution in [0.4, 0.5) is 0 Å². The van der Waals surface area contributed by atoms with Crippen LogP contribution in [0.25, 0.3) is 0 Å². The summed E-state index contributed by atoms with van der Waals surface area (Å²) in [5.74, 6) is 0.626. The Hall–Kier alpha value is -2.13. The van der Waals surface area contributed by atoms with Crippen molar-refractivity contribution in [3.8, 4) is 11.5 Å². The van der Waals surface area contributed by atoms with Crippen LogP contribution in [-0.4, -0.2) is 10.2 Å². The van der Waals surface area contributed by atoms with Crippen molar-refractivity contribution in [2.45, 2.75) is 12.8 Å². The van der Waals surface area contributed by atoms with E-state index in [9.17, 15) is 0 Å². The first-order chi connectivity index (χ1) is 9.65. The zero-order valence-corrected chi connectivity index (χ0v) is 13.0. The van der Waals surface area contributed by atoms with Gasteiger partial charge in [-0.2, -0.15) is 13.5 Å². The van der Waals surface area contributed by atoms with Crippen molar-refractivity contribution >= 4 is 13.5 Å². The SMILES string of the molecule is C=CCc1ccc(O)cc1.C=CCc1ccc(O)cc1.S. The minimum absolute atomic E-state index is 0. The number of hydrogen-bond acceptors (Lipinski definition) is 2. The van der Waals surface area contributed by atoms with Gasteiger partial charge in [0.2, 0.25) is 0 Å². The van der Waals surface area contributed by atoms with Crippen LogP contribution in [0, 0.1) is 0 Å². The predicted molar refractivity (Wildman–Crippen MR) is 94.4 cm³/mol. The summed E-state index contributed by atoms with van der Waals surface area (Å²) < 4.78 is 0. The van der Waals surface area contributed by atoms with Gasteiger partial charge in [-0.15, -0.1) is 13.2 Å². The van der Waals surface area contributed by atoms with Gasteiger partial charge in [0, 0.05) is 0 Å². The Morgan fingerprint density at radius 1 is 0.667 bits per heavy atom. The third-order valence-corrected chi connectivity index (χ3v) is 2.63. The summed E-state index contributed by atoms with van der Waals surface area (Å²) in [5, 5.41) is 17.8. The minimum atomic E-state index is 0. The molecule has 2 rings (SSSR count). The van der Waals surface area contributed by atoms with E-state index in [2.05, 4.69) is 13.2 Å². The molecule has 0 atom stereocenters. The van der Waals surface area contributed by atoms with Crippen molar-refractivity contribution in [3.05, 3.63) is 85.0 Å². The fraction of sp³-hybridized carbons (Fsp3) is 0.111. The minimum Gasteiger partial charge on any atom is -0.508 e. The van der Waals surface area contributed by atoms with E-state index in [1.807, 2.05) is 36.4 Å². The Balaban J connectivity index is 0.000000364. The lowest BCUT2D eigenvalue weighted by Gasteiger charge is -1.94. The molecule has 2 aromatic rings. The number of phenolic OH excluding ortho intramolecular Hbond substituents is 2. The molecule has 0 aliphatic rings. The quantitative estimate of drug-likeness (QED) is 0.824. The lowest BCUT2D eigenvalue weighted by molar-refractivity contribution is 0.474. The zero-order valence-electron chi connectivity index (χ0n) is 12.0. The first-order valence-electron chi connectivity index (χ1n) is 6.43. The molecule has 2 nitrogen and oxygen atoms in total. The summed E-state index contributed by atoms with van der Waals surface area (Å²) in [6.45, 7) is 7.23. The Morgan fingerprint density at radius 3 is 1.19 bits per heavy atom. The maximum absolute atomic E-state index is 8.90. The molecule has 0 saturated carbocycles. The first kappa shape index (κ1) is 18.9.